The highest BCUT2D eigenvalue weighted by molar-refractivity contribution is 6.30. The molecule has 0 spiro atoms. The van der Waals surface area contributed by atoms with E-state index >= 15 is 0 Å². The largest absolute Gasteiger partial charge is 0.391 e. The van der Waals surface area contributed by atoms with E-state index in [0.29, 0.717) is 16.6 Å². The lowest BCUT2D eigenvalue weighted by atomic mass is 9.85. The first-order valence-electron chi connectivity index (χ1n) is 7.13. The zero-order valence-corrected chi connectivity index (χ0v) is 12.2. The Morgan fingerprint density at radius 2 is 2.10 bits per heavy atom. The topological polar surface area (TPSA) is 61.4 Å². The van der Waals surface area contributed by atoms with Crippen molar-refractivity contribution in [2.24, 2.45) is 5.92 Å². The van der Waals surface area contributed by atoms with E-state index in [9.17, 15) is 9.90 Å². The fraction of sp³-hybridized carbons (Fsp3) is 0.533. The molecule has 20 heavy (non-hydrogen) atoms. The van der Waals surface area contributed by atoms with E-state index in [1.54, 1.807) is 24.3 Å². The molecule has 2 amide bonds. The molecule has 0 heterocycles. The third kappa shape index (κ3) is 4.69. The number of benzene rings is 1. The average Bonchev–Trinajstić information content (AvgIpc) is 2.46. The molecule has 1 unspecified atom stereocenters. The van der Waals surface area contributed by atoms with Crippen molar-refractivity contribution >= 4 is 23.3 Å². The van der Waals surface area contributed by atoms with Crippen molar-refractivity contribution in [2.45, 2.75) is 38.2 Å². The predicted molar refractivity (Wildman–Crippen MR) is 81.1 cm³/mol. The van der Waals surface area contributed by atoms with Crippen molar-refractivity contribution in [3.05, 3.63) is 29.3 Å². The van der Waals surface area contributed by atoms with Crippen LogP contribution < -0.4 is 10.6 Å². The number of amides is 2. The number of carbonyl (C=O) groups is 1. The van der Waals surface area contributed by atoms with Crippen LogP contribution in [0.4, 0.5) is 10.5 Å². The Morgan fingerprint density at radius 3 is 2.80 bits per heavy atom. The Hall–Kier alpha value is -1.26. The van der Waals surface area contributed by atoms with Gasteiger partial charge in [0.25, 0.3) is 0 Å². The van der Waals surface area contributed by atoms with Crippen molar-refractivity contribution in [1.29, 1.82) is 0 Å². The Labute approximate surface area is 124 Å². The number of urea groups is 1. The van der Waals surface area contributed by atoms with Crippen LogP contribution in [-0.4, -0.2) is 23.8 Å². The minimum absolute atomic E-state index is 0.289. The molecular weight excluding hydrogens is 276 g/mol. The van der Waals surface area contributed by atoms with Gasteiger partial charge in [0.1, 0.15) is 0 Å². The van der Waals surface area contributed by atoms with Gasteiger partial charge in [0.15, 0.2) is 0 Å². The molecule has 5 heteroatoms. The van der Waals surface area contributed by atoms with Crippen LogP contribution >= 0.6 is 11.6 Å². The molecule has 0 bridgehead atoms. The summed E-state index contributed by atoms with van der Waals surface area (Å²) in [5, 5.41) is 16.0. The normalized spacial score (nSPS) is 17.5. The summed E-state index contributed by atoms with van der Waals surface area (Å²) >= 11 is 5.85. The molecular formula is C15H21ClN2O2. The molecule has 1 aliphatic carbocycles. The van der Waals surface area contributed by atoms with Crippen molar-refractivity contribution in [3.63, 3.8) is 0 Å². The maximum Gasteiger partial charge on any atom is 0.319 e. The molecule has 4 nitrogen and oxygen atoms in total. The summed E-state index contributed by atoms with van der Waals surface area (Å²) in [6.07, 6.45) is 5.26. The smallest absolute Gasteiger partial charge is 0.319 e. The molecule has 0 aliphatic heterocycles. The third-order valence-corrected chi connectivity index (χ3v) is 3.98. The maximum absolute atomic E-state index is 11.7. The minimum atomic E-state index is -0.458. The van der Waals surface area contributed by atoms with Gasteiger partial charge in [-0.05, 0) is 37.0 Å². The van der Waals surface area contributed by atoms with E-state index < -0.39 is 6.10 Å². The highest BCUT2D eigenvalue weighted by Crippen LogP contribution is 2.26. The number of aliphatic hydroxyl groups excluding tert-OH is 1. The molecule has 3 N–H and O–H groups in total. The molecule has 1 aliphatic rings. The second kappa shape index (κ2) is 7.50. The maximum atomic E-state index is 11.7. The third-order valence-electron chi connectivity index (χ3n) is 3.75. The van der Waals surface area contributed by atoms with Gasteiger partial charge < -0.3 is 15.7 Å². The van der Waals surface area contributed by atoms with E-state index in [0.717, 1.165) is 12.8 Å². The summed E-state index contributed by atoms with van der Waals surface area (Å²) in [5.74, 6) is 0.315. The Bertz CT molecular complexity index is 447. The van der Waals surface area contributed by atoms with Gasteiger partial charge in [0.05, 0.1) is 6.10 Å². The molecule has 1 aromatic rings. The van der Waals surface area contributed by atoms with E-state index in [4.69, 9.17) is 11.6 Å². The number of carbonyl (C=O) groups excluding carboxylic acids is 1. The SMILES string of the molecule is O=C(NCC(O)C1CCCCC1)Nc1cccc(Cl)c1. The predicted octanol–water partition coefficient (Wildman–Crippen LogP) is 3.40. The number of hydrogen-bond donors (Lipinski definition) is 3. The first kappa shape index (κ1) is 15.1. The van der Waals surface area contributed by atoms with Gasteiger partial charge in [0.2, 0.25) is 0 Å². The monoisotopic (exact) mass is 296 g/mol. The van der Waals surface area contributed by atoms with Gasteiger partial charge in [-0.15, -0.1) is 0 Å². The zero-order valence-electron chi connectivity index (χ0n) is 11.4. The van der Waals surface area contributed by atoms with Crippen LogP contribution in [-0.2, 0) is 0 Å². The fourth-order valence-corrected chi connectivity index (χ4v) is 2.81. The van der Waals surface area contributed by atoms with Crippen LogP contribution in [0.15, 0.2) is 24.3 Å². The van der Waals surface area contributed by atoms with Crippen LogP contribution in [0.2, 0.25) is 5.02 Å². The lowest BCUT2D eigenvalue weighted by Gasteiger charge is -2.26. The Morgan fingerprint density at radius 1 is 1.35 bits per heavy atom. The molecule has 1 fully saturated rings. The lowest BCUT2D eigenvalue weighted by Crippen LogP contribution is -2.39. The minimum Gasteiger partial charge on any atom is -0.391 e. The van der Waals surface area contributed by atoms with Crippen molar-refractivity contribution in [2.75, 3.05) is 11.9 Å². The quantitative estimate of drug-likeness (QED) is 0.797. The molecule has 110 valence electrons. The molecule has 1 aromatic carbocycles. The summed E-state index contributed by atoms with van der Waals surface area (Å²) in [5.41, 5.74) is 0.641. The summed E-state index contributed by atoms with van der Waals surface area (Å²) in [6, 6.07) is 6.65. The van der Waals surface area contributed by atoms with Crippen molar-refractivity contribution < 1.29 is 9.90 Å². The standard InChI is InChI=1S/C15H21ClN2O2/c16-12-7-4-8-13(9-12)18-15(20)17-10-14(19)11-5-2-1-3-6-11/h4,7-9,11,14,19H,1-3,5-6,10H2,(H2,17,18,20). The van der Waals surface area contributed by atoms with E-state index in [1.165, 1.54) is 19.3 Å². The van der Waals surface area contributed by atoms with E-state index in [2.05, 4.69) is 10.6 Å². The molecule has 1 atom stereocenters. The van der Waals surface area contributed by atoms with Crippen molar-refractivity contribution in [1.82, 2.24) is 5.32 Å². The van der Waals surface area contributed by atoms with Gasteiger partial charge in [-0.1, -0.05) is 36.9 Å². The number of halogens is 1. The first-order valence-corrected chi connectivity index (χ1v) is 7.51. The van der Waals surface area contributed by atoms with Crippen LogP contribution in [0.25, 0.3) is 0 Å². The second-order valence-corrected chi connectivity index (χ2v) is 5.75. The molecule has 0 aromatic heterocycles. The molecule has 2 rings (SSSR count). The number of anilines is 1. The van der Waals surface area contributed by atoms with Crippen LogP contribution in [0.1, 0.15) is 32.1 Å². The summed E-state index contributed by atoms with van der Waals surface area (Å²) in [7, 11) is 0. The number of aliphatic hydroxyl groups is 1. The van der Waals surface area contributed by atoms with Gasteiger partial charge in [0, 0.05) is 17.3 Å². The average molecular weight is 297 g/mol. The fourth-order valence-electron chi connectivity index (χ4n) is 2.62. The molecule has 0 saturated heterocycles. The highest BCUT2D eigenvalue weighted by Gasteiger charge is 2.21. The number of hydrogen-bond acceptors (Lipinski definition) is 2. The van der Waals surface area contributed by atoms with E-state index in [1.807, 2.05) is 0 Å². The van der Waals surface area contributed by atoms with Gasteiger partial charge in [-0.3, -0.25) is 0 Å². The van der Waals surface area contributed by atoms with Crippen LogP contribution in [0.5, 0.6) is 0 Å². The number of rotatable bonds is 4. The van der Waals surface area contributed by atoms with Crippen molar-refractivity contribution in [3.8, 4) is 0 Å². The second-order valence-electron chi connectivity index (χ2n) is 5.31. The zero-order chi connectivity index (χ0) is 14.4. The Kier molecular flexibility index (Phi) is 5.68. The first-order chi connectivity index (χ1) is 9.65. The molecule has 1 saturated carbocycles. The van der Waals surface area contributed by atoms with E-state index in [-0.39, 0.29) is 12.6 Å². The lowest BCUT2D eigenvalue weighted by molar-refractivity contribution is 0.0863. The number of nitrogens with one attached hydrogen (secondary N) is 2. The summed E-state index contributed by atoms with van der Waals surface area (Å²) in [6.45, 7) is 0.289. The van der Waals surface area contributed by atoms with Crippen LogP contribution in [0.3, 0.4) is 0 Å². The van der Waals surface area contributed by atoms with Gasteiger partial charge in [-0.25, -0.2) is 4.79 Å². The highest BCUT2D eigenvalue weighted by atomic mass is 35.5. The van der Waals surface area contributed by atoms with Gasteiger partial charge >= 0.3 is 6.03 Å². The van der Waals surface area contributed by atoms with Crippen LogP contribution in [0, 0.1) is 5.92 Å². The summed E-state index contributed by atoms with van der Waals surface area (Å²) in [4.78, 5) is 11.7. The summed E-state index contributed by atoms with van der Waals surface area (Å²) < 4.78 is 0. The van der Waals surface area contributed by atoms with Gasteiger partial charge in [-0.2, -0.15) is 0 Å². The molecule has 0 radical (unpaired) electrons. The Balaban J connectivity index is 1.74.